The number of hydrogen-bond acceptors (Lipinski definition) is 2. The Morgan fingerprint density at radius 3 is 2.78 bits per heavy atom. The summed E-state index contributed by atoms with van der Waals surface area (Å²) in [6.45, 7) is 0. The Morgan fingerprint density at radius 1 is 1.56 bits per heavy atom. The van der Waals surface area contributed by atoms with Gasteiger partial charge in [-0.1, -0.05) is 6.42 Å². The van der Waals surface area contributed by atoms with E-state index in [0.29, 0.717) is 6.04 Å². The highest BCUT2D eigenvalue weighted by molar-refractivity contribution is 4.95. The van der Waals surface area contributed by atoms with Gasteiger partial charge in [-0.15, -0.1) is 0 Å². The van der Waals surface area contributed by atoms with E-state index in [1.807, 2.05) is 7.05 Å². The van der Waals surface area contributed by atoms with Crippen LogP contribution in [-0.4, -0.2) is 13.1 Å². The molecule has 0 aromatic rings. The van der Waals surface area contributed by atoms with Crippen molar-refractivity contribution in [2.75, 3.05) is 7.05 Å². The van der Waals surface area contributed by atoms with Gasteiger partial charge in [-0.05, 0) is 19.9 Å². The summed E-state index contributed by atoms with van der Waals surface area (Å²) in [6, 6.07) is 2.77. The Hall–Kier alpha value is -0.550. The Bertz CT molecular complexity index is 125. The van der Waals surface area contributed by atoms with E-state index >= 15 is 0 Å². The number of nitriles is 1. The van der Waals surface area contributed by atoms with Gasteiger partial charge in [-0.25, -0.2) is 0 Å². The summed E-state index contributed by atoms with van der Waals surface area (Å²) >= 11 is 0. The van der Waals surface area contributed by atoms with Gasteiger partial charge in [0.05, 0.1) is 12.0 Å². The van der Waals surface area contributed by atoms with E-state index in [-0.39, 0.29) is 5.92 Å². The fourth-order valence-corrected chi connectivity index (χ4v) is 1.46. The lowest BCUT2D eigenvalue weighted by Crippen LogP contribution is -2.27. The standard InChI is InChI=1S/C7H12N2/c1-9-7-4-2-3-6(7)5-8/h6-7,9H,2-4H2,1H3/t6-,7+/m1/s1. The van der Waals surface area contributed by atoms with Crippen LogP contribution >= 0.6 is 0 Å². The first kappa shape index (κ1) is 6.57. The average molecular weight is 124 g/mol. The lowest BCUT2D eigenvalue weighted by atomic mass is 10.1. The first-order valence-corrected chi connectivity index (χ1v) is 3.45. The van der Waals surface area contributed by atoms with E-state index in [0.717, 1.165) is 6.42 Å². The third-order valence-corrected chi connectivity index (χ3v) is 2.05. The van der Waals surface area contributed by atoms with Crippen molar-refractivity contribution in [2.45, 2.75) is 25.3 Å². The molecule has 9 heavy (non-hydrogen) atoms. The molecule has 0 aliphatic heterocycles. The van der Waals surface area contributed by atoms with E-state index in [1.54, 1.807) is 0 Å². The highest BCUT2D eigenvalue weighted by Gasteiger charge is 2.24. The molecule has 0 aromatic carbocycles. The van der Waals surface area contributed by atoms with Gasteiger partial charge in [-0.2, -0.15) is 5.26 Å². The number of rotatable bonds is 1. The smallest absolute Gasteiger partial charge is 0.0672 e. The normalized spacial score (nSPS) is 34.2. The van der Waals surface area contributed by atoms with Crippen molar-refractivity contribution in [3.63, 3.8) is 0 Å². The molecule has 1 aliphatic carbocycles. The molecule has 0 amide bonds. The van der Waals surface area contributed by atoms with Crippen LogP contribution in [0.2, 0.25) is 0 Å². The van der Waals surface area contributed by atoms with Crippen LogP contribution in [0.15, 0.2) is 0 Å². The Kier molecular flexibility index (Phi) is 2.07. The third kappa shape index (κ3) is 1.22. The number of nitrogens with zero attached hydrogens (tertiary/aromatic N) is 1. The van der Waals surface area contributed by atoms with Crippen molar-refractivity contribution in [3.05, 3.63) is 0 Å². The molecule has 0 spiro atoms. The zero-order valence-corrected chi connectivity index (χ0v) is 5.72. The minimum absolute atomic E-state index is 0.273. The van der Waals surface area contributed by atoms with E-state index in [9.17, 15) is 0 Å². The van der Waals surface area contributed by atoms with Crippen LogP contribution in [0.5, 0.6) is 0 Å². The van der Waals surface area contributed by atoms with Crippen molar-refractivity contribution in [1.29, 1.82) is 5.26 Å². The second-order valence-electron chi connectivity index (χ2n) is 2.56. The summed E-state index contributed by atoms with van der Waals surface area (Å²) in [5.41, 5.74) is 0. The van der Waals surface area contributed by atoms with E-state index < -0.39 is 0 Å². The van der Waals surface area contributed by atoms with Crippen molar-refractivity contribution >= 4 is 0 Å². The lowest BCUT2D eigenvalue weighted by Gasteiger charge is -2.09. The maximum absolute atomic E-state index is 8.58. The Morgan fingerprint density at radius 2 is 2.33 bits per heavy atom. The minimum atomic E-state index is 0.273. The molecule has 1 fully saturated rings. The van der Waals surface area contributed by atoms with Crippen molar-refractivity contribution in [3.8, 4) is 6.07 Å². The Labute approximate surface area is 55.9 Å². The van der Waals surface area contributed by atoms with E-state index in [2.05, 4.69) is 11.4 Å². The summed E-state index contributed by atoms with van der Waals surface area (Å²) < 4.78 is 0. The number of nitrogens with one attached hydrogen (secondary N) is 1. The molecular formula is C7H12N2. The summed E-state index contributed by atoms with van der Waals surface area (Å²) in [5.74, 6) is 0.273. The van der Waals surface area contributed by atoms with Gasteiger partial charge in [-0.3, -0.25) is 0 Å². The first-order valence-electron chi connectivity index (χ1n) is 3.45. The van der Waals surface area contributed by atoms with Crippen LogP contribution in [0.4, 0.5) is 0 Å². The number of hydrogen-bond donors (Lipinski definition) is 1. The molecule has 1 rings (SSSR count). The lowest BCUT2D eigenvalue weighted by molar-refractivity contribution is 0.506. The Balaban J connectivity index is 2.44. The fourth-order valence-electron chi connectivity index (χ4n) is 1.46. The zero-order valence-electron chi connectivity index (χ0n) is 5.72. The molecule has 0 heterocycles. The molecule has 2 atom stereocenters. The quantitative estimate of drug-likeness (QED) is 0.563. The van der Waals surface area contributed by atoms with Crippen LogP contribution < -0.4 is 5.32 Å². The van der Waals surface area contributed by atoms with E-state index in [1.165, 1.54) is 12.8 Å². The molecule has 1 N–H and O–H groups in total. The molecule has 0 saturated heterocycles. The van der Waals surface area contributed by atoms with Gasteiger partial charge in [0.1, 0.15) is 0 Å². The molecule has 1 saturated carbocycles. The van der Waals surface area contributed by atoms with Gasteiger partial charge >= 0.3 is 0 Å². The molecule has 0 unspecified atom stereocenters. The second kappa shape index (κ2) is 2.84. The summed E-state index contributed by atoms with van der Waals surface area (Å²) in [6.07, 6.45) is 3.47. The van der Waals surface area contributed by atoms with Crippen LogP contribution in [0.3, 0.4) is 0 Å². The molecule has 0 radical (unpaired) electrons. The van der Waals surface area contributed by atoms with Crippen molar-refractivity contribution in [1.82, 2.24) is 5.32 Å². The molecule has 0 bridgehead atoms. The molecular weight excluding hydrogens is 112 g/mol. The molecule has 1 aliphatic rings. The van der Waals surface area contributed by atoms with Gasteiger partial charge in [0.15, 0.2) is 0 Å². The van der Waals surface area contributed by atoms with Crippen molar-refractivity contribution in [2.24, 2.45) is 5.92 Å². The molecule has 2 heteroatoms. The van der Waals surface area contributed by atoms with Gasteiger partial charge in [0.25, 0.3) is 0 Å². The van der Waals surface area contributed by atoms with Gasteiger partial charge in [0.2, 0.25) is 0 Å². The van der Waals surface area contributed by atoms with Crippen LogP contribution in [0, 0.1) is 17.2 Å². The summed E-state index contributed by atoms with van der Waals surface area (Å²) in [7, 11) is 1.93. The maximum atomic E-state index is 8.58. The fraction of sp³-hybridized carbons (Fsp3) is 0.857. The molecule has 50 valence electrons. The van der Waals surface area contributed by atoms with Crippen LogP contribution in [-0.2, 0) is 0 Å². The topological polar surface area (TPSA) is 35.8 Å². The second-order valence-corrected chi connectivity index (χ2v) is 2.56. The first-order chi connectivity index (χ1) is 4.38. The SMILES string of the molecule is CN[C@H]1CCC[C@@H]1C#N. The van der Waals surface area contributed by atoms with Crippen LogP contribution in [0.1, 0.15) is 19.3 Å². The largest absolute Gasteiger partial charge is 0.316 e. The molecule has 2 nitrogen and oxygen atoms in total. The van der Waals surface area contributed by atoms with Gasteiger partial charge in [0, 0.05) is 6.04 Å². The summed E-state index contributed by atoms with van der Waals surface area (Å²) in [4.78, 5) is 0. The van der Waals surface area contributed by atoms with E-state index in [4.69, 9.17) is 5.26 Å². The van der Waals surface area contributed by atoms with Crippen LogP contribution in [0.25, 0.3) is 0 Å². The predicted octanol–water partition coefficient (Wildman–Crippen LogP) is 0.898. The third-order valence-electron chi connectivity index (χ3n) is 2.05. The molecule has 0 aromatic heterocycles. The predicted molar refractivity (Wildman–Crippen MR) is 35.8 cm³/mol. The van der Waals surface area contributed by atoms with Gasteiger partial charge < -0.3 is 5.32 Å². The summed E-state index contributed by atoms with van der Waals surface area (Å²) in [5, 5.41) is 11.7. The maximum Gasteiger partial charge on any atom is 0.0672 e. The highest BCUT2D eigenvalue weighted by Crippen LogP contribution is 2.23. The highest BCUT2D eigenvalue weighted by atomic mass is 14.9. The van der Waals surface area contributed by atoms with Crippen molar-refractivity contribution < 1.29 is 0 Å². The average Bonchev–Trinajstić information content (AvgIpc) is 2.33. The zero-order chi connectivity index (χ0) is 6.69. The monoisotopic (exact) mass is 124 g/mol. The minimum Gasteiger partial charge on any atom is -0.316 e.